The van der Waals surface area contributed by atoms with E-state index in [-0.39, 0.29) is 0 Å². The first-order valence-corrected chi connectivity index (χ1v) is 16.3. The van der Waals surface area contributed by atoms with Crippen LogP contribution in [-0.2, 0) is 16.5 Å². The van der Waals surface area contributed by atoms with Crippen molar-refractivity contribution in [2.75, 3.05) is 5.88 Å². The van der Waals surface area contributed by atoms with Gasteiger partial charge in [0.05, 0.1) is 0 Å². The van der Waals surface area contributed by atoms with E-state index < -0.39 is 35.0 Å². The van der Waals surface area contributed by atoms with Crippen molar-refractivity contribution in [2.24, 2.45) is 0 Å². The molecular formula is C8H22ClO4Si4. The zero-order valence-corrected chi connectivity index (χ0v) is 16.2. The van der Waals surface area contributed by atoms with Gasteiger partial charge in [-0.25, -0.2) is 0 Å². The van der Waals surface area contributed by atoms with Gasteiger partial charge in [0.15, 0.2) is 0 Å². The van der Waals surface area contributed by atoms with E-state index in [2.05, 4.69) is 13.1 Å². The third kappa shape index (κ3) is 5.66. The van der Waals surface area contributed by atoms with Crippen LogP contribution in [0.1, 0.15) is 0 Å². The van der Waals surface area contributed by atoms with Gasteiger partial charge in [0.2, 0.25) is 0 Å². The Labute approximate surface area is 114 Å². The smallest absolute Gasteiger partial charge is 0.366 e. The predicted octanol–water partition coefficient (Wildman–Crippen LogP) is 2.90. The van der Waals surface area contributed by atoms with Crippen molar-refractivity contribution in [2.45, 2.75) is 45.3 Å². The zero-order valence-electron chi connectivity index (χ0n) is 11.4. The highest BCUT2D eigenvalue weighted by atomic mass is 35.5. The van der Waals surface area contributed by atoms with E-state index in [0.29, 0.717) is 5.88 Å². The first-order valence-electron chi connectivity index (χ1n) is 5.75. The average Bonchev–Trinajstić information content (AvgIpc) is 1.94. The summed E-state index contributed by atoms with van der Waals surface area (Å²) in [5.74, 6) is 0.560. The molecule has 0 spiro atoms. The maximum absolute atomic E-state index is 6.15. The molecule has 4 nitrogen and oxygen atoms in total. The fourth-order valence-corrected chi connectivity index (χ4v) is 19.5. The van der Waals surface area contributed by atoms with Crippen LogP contribution < -0.4 is 0 Å². The van der Waals surface area contributed by atoms with Crippen LogP contribution in [0.25, 0.3) is 0 Å². The topological polar surface area (TPSA) is 36.9 Å². The Balaban J connectivity index is 2.86. The molecule has 1 heterocycles. The van der Waals surface area contributed by atoms with E-state index in [9.17, 15) is 0 Å². The Hall–Kier alpha value is 0.998. The van der Waals surface area contributed by atoms with Crippen molar-refractivity contribution < 1.29 is 16.5 Å². The quantitative estimate of drug-likeness (QED) is 0.576. The van der Waals surface area contributed by atoms with Crippen molar-refractivity contribution in [1.82, 2.24) is 0 Å². The highest BCUT2D eigenvalue weighted by molar-refractivity contribution is 6.89. The van der Waals surface area contributed by atoms with E-state index in [0.717, 1.165) is 6.04 Å². The van der Waals surface area contributed by atoms with Gasteiger partial charge in [-0.2, -0.15) is 0 Å². The third-order valence-corrected chi connectivity index (χ3v) is 16.8. The van der Waals surface area contributed by atoms with Crippen molar-refractivity contribution in [3.05, 3.63) is 0 Å². The van der Waals surface area contributed by atoms with Crippen LogP contribution in [0, 0.1) is 0 Å². The maximum Gasteiger partial charge on any atom is 0.366 e. The molecule has 1 rings (SSSR count). The molecule has 0 N–H and O–H groups in total. The first kappa shape index (κ1) is 16.1. The van der Waals surface area contributed by atoms with Crippen LogP contribution in [0.4, 0.5) is 0 Å². The number of hydrogen-bond acceptors (Lipinski definition) is 4. The molecule has 101 valence electrons. The average molecular weight is 330 g/mol. The Morgan fingerprint density at radius 1 is 0.824 bits per heavy atom. The van der Waals surface area contributed by atoms with Gasteiger partial charge < -0.3 is 16.5 Å². The summed E-state index contributed by atoms with van der Waals surface area (Å²) in [5, 5.41) is 0. The molecule has 1 fully saturated rings. The first-order chi connectivity index (χ1) is 7.55. The minimum atomic E-state index is -2.15. The molecular weight excluding hydrogens is 308 g/mol. The molecule has 0 aromatic rings. The lowest BCUT2D eigenvalue weighted by Crippen LogP contribution is -2.61. The molecule has 1 aliphatic heterocycles. The minimum absolute atomic E-state index is 0.560. The number of hydrogen-bond donors (Lipinski definition) is 0. The lowest BCUT2D eigenvalue weighted by atomic mass is 11.0. The molecule has 0 amide bonds. The van der Waals surface area contributed by atoms with Crippen molar-refractivity contribution in [1.29, 1.82) is 0 Å². The van der Waals surface area contributed by atoms with Crippen molar-refractivity contribution >= 4 is 46.6 Å². The molecule has 17 heavy (non-hydrogen) atoms. The maximum atomic E-state index is 6.15. The van der Waals surface area contributed by atoms with Gasteiger partial charge in [-0.15, -0.1) is 11.6 Å². The molecule has 9 heteroatoms. The molecule has 0 atom stereocenters. The van der Waals surface area contributed by atoms with E-state index in [1.165, 1.54) is 0 Å². The Bertz CT molecular complexity index is 252. The molecule has 0 aromatic heterocycles. The van der Waals surface area contributed by atoms with E-state index >= 15 is 0 Å². The summed E-state index contributed by atoms with van der Waals surface area (Å²) in [6, 6.07) is 0.772. The lowest BCUT2D eigenvalue weighted by molar-refractivity contribution is 0.249. The summed E-state index contributed by atoms with van der Waals surface area (Å²) in [4.78, 5) is 0. The fraction of sp³-hybridized carbons (Fsp3) is 1.00. The number of halogens is 1. The Morgan fingerprint density at radius 2 is 1.24 bits per heavy atom. The molecule has 0 saturated carbocycles. The van der Waals surface area contributed by atoms with E-state index in [1.54, 1.807) is 0 Å². The normalized spacial score (nSPS) is 28.4. The summed E-state index contributed by atoms with van der Waals surface area (Å²) in [5.41, 5.74) is 0. The molecule has 0 aliphatic carbocycles. The summed E-state index contributed by atoms with van der Waals surface area (Å²) in [6.07, 6.45) is 0. The van der Waals surface area contributed by atoms with Gasteiger partial charge in [0.1, 0.15) is 0 Å². The van der Waals surface area contributed by atoms with Crippen LogP contribution in [-0.4, -0.2) is 40.8 Å². The highest BCUT2D eigenvalue weighted by Gasteiger charge is 2.47. The predicted molar refractivity (Wildman–Crippen MR) is 78.1 cm³/mol. The zero-order chi connectivity index (χ0) is 13.3. The molecule has 1 aliphatic rings. The van der Waals surface area contributed by atoms with Gasteiger partial charge in [0, 0.05) is 11.9 Å². The van der Waals surface area contributed by atoms with Gasteiger partial charge in [-0.1, -0.05) is 0 Å². The van der Waals surface area contributed by atoms with Crippen LogP contribution in [0.2, 0.25) is 45.3 Å². The Kier molecular flexibility index (Phi) is 5.24. The van der Waals surface area contributed by atoms with Crippen LogP contribution in [0.15, 0.2) is 0 Å². The highest BCUT2D eigenvalue weighted by Crippen LogP contribution is 2.27. The second-order valence-electron chi connectivity index (χ2n) is 5.42. The minimum Gasteiger partial charge on any atom is -0.416 e. The monoisotopic (exact) mass is 329 g/mol. The second kappa shape index (κ2) is 5.55. The van der Waals surface area contributed by atoms with Gasteiger partial charge in [-0.05, 0) is 39.3 Å². The van der Waals surface area contributed by atoms with Crippen LogP contribution in [0.3, 0.4) is 0 Å². The second-order valence-corrected chi connectivity index (χ2v) is 18.7. The van der Waals surface area contributed by atoms with Gasteiger partial charge in [0.25, 0.3) is 0 Å². The third-order valence-electron chi connectivity index (χ3n) is 2.00. The summed E-state index contributed by atoms with van der Waals surface area (Å²) in [7, 11) is -7.80. The van der Waals surface area contributed by atoms with Crippen molar-refractivity contribution in [3.63, 3.8) is 0 Å². The van der Waals surface area contributed by atoms with E-state index in [4.69, 9.17) is 28.1 Å². The molecule has 1 saturated heterocycles. The van der Waals surface area contributed by atoms with E-state index in [1.807, 2.05) is 26.2 Å². The largest absolute Gasteiger partial charge is 0.416 e. The Morgan fingerprint density at radius 3 is 1.59 bits per heavy atom. The lowest BCUT2D eigenvalue weighted by Gasteiger charge is -2.43. The number of rotatable bonds is 2. The standard InChI is InChI=1S/C8H22ClO4Si4/c1-15(2)10-14(8-7-9)11-16(3,4)13-17(5,6)12-15/h7-8H2,1-6H3. The van der Waals surface area contributed by atoms with Crippen molar-refractivity contribution in [3.8, 4) is 0 Å². The van der Waals surface area contributed by atoms with Gasteiger partial charge >= 0.3 is 35.0 Å². The van der Waals surface area contributed by atoms with Crippen LogP contribution in [0.5, 0.6) is 0 Å². The SMILES string of the molecule is C[Si]1(C)O[Si](CCCl)O[Si](C)(C)O[Si](C)(C)O1. The summed E-state index contributed by atoms with van der Waals surface area (Å²) in [6.45, 7) is 12.3. The molecule has 0 unspecified atom stereocenters. The number of alkyl halides is 1. The van der Waals surface area contributed by atoms with Gasteiger partial charge in [-0.3, -0.25) is 0 Å². The van der Waals surface area contributed by atoms with Crippen LogP contribution >= 0.6 is 11.6 Å². The fourth-order valence-electron chi connectivity index (χ4n) is 1.99. The molecule has 0 aromatic carbocycles. The summed E-state index contributed by atoms with van der Waals surface area (Å²) >= 11 is 5.79. The summed E-state index contributed by atoms with van der Waals surface area (Å²) < 4.78 is 24.5. The molecule has 1 radical (unpaired) electrons. The molecule has 0 bridgehead atoms.